The fraction of sp³-hybridized carbons (Fsp3) is 0.192. The zero-order valence-electron chi connectivity index (χ0n) is 18.4. The molecule has 5 aromatic rings. The summed E-state index contributed by atoms with van der Waals surface area (Å²) in [6, 6.07) is 23.2. The number of nitrogens with zero attached hydrogens (tertiary/aromatic N) is 4. The number of nitrogens with one attached hydrogen (secondary N) is 1. The number of hydrogen-bond donors (Lipinski definition) is 1. The van der Waals surface area contributed by atoms with E-state index in [2.05, 4.69) is 5.32 Å². The summed E-state index contributed by atoms with van der Waals surface area (Å²) in [6.45, 7) is 3.01. The number of amides is 1. The van der Waals surface area contributed by atoms with Gasteiger partial charge in [0.05, 0.1) is 11.0 Å². The number of carbonyl (C=O) groups excluding carboxylic acids is 1. The summed E-state index contributed by atoms with van der Waals surface area (Å²) in [6.07, 6.45) is 2.92. The van der Waals surface area contributed by atoms with Crippen LogP contribution in [0.4, 0.5) is 5.82 Å². The third-order valence-corrected chi connectivity index (χ3v) is 5.77. The Kier molecular flexibility index (Phi) is 5.52. The van der Waals surface area contributed by atoms with E-state index in [-0.39, 0.29) is 18.0 Å². The number of fused-ring (bicyclic) bond motifs is 2. The van der Waals surface area contributed by atoms with Crippen LogP contribution in [0.5, 0.6) is 0 Å². The number of imidazole rings is 2. The standard InChI is InChI=1S/C26H25N5O2/c1-2-16-29-20-12-6-7-13-21(20)30(26(29)33)18-15-23(32)28-25-24(19-10-4-3-5-11-19)27-22-14-8-9-17-31(22)25/h3-14,17H,2,15-16,18H2,1H3,(H,28,32). The molecule has 7 heteroatoms. The Morgan fingerprint density at radius 1 is 0.879 bits per heavy atom. The lowest BCUT2D eigenvalue weighted by atomic mass is 10.1. The SMILES string of the molecule is CCCn1c(=O)n(CCC(=O)Nc2c(-c3ccccc3)nc3ccccn23)c2ccccc21. The number of aryl methyl sites for hydroxylation is 2. The van der Waals surface area contributed by atoms with Crippen molar-refractivity contribution in [2.24, 2.45) is 0 Å². The summed E-state index contributed by atoms with van der Waals surface area (Å²) in [5, 5.41) is 3.04. The first-order valence-corrected chi connectivity index (χ1v) is 11.2. The molecule has 0 atom stereocenters. The van der Waals surface area contributed by atoms with Gasteiger partial charge in [0.15, 0.2) is 0 Å². The van der Waals surface area contributed by atoms with Gasteiger partial charge in [-0.1, -0.05) is 55.5 Å². The highest BCUT2D eigenvalue weighted by atomic mass is 16.2. The monoisotopic (exact) mass is 439 g/mol. The predicted molar refractivity (Wildman–Crippen MR) is 130 cm³/mol. The Hall–Kier alpha value is -4.13. The molecule has 0 bridgehead atoms. The number of benzene rings is 2. The van der Waals surface area contributed by atoms with E-state index in [1.807, 2.05) is 90.3 Å². The number of pyridine rings is 1. The van der Waals surface area contributed by atoms with Crippen molar-refractivity contribution in [2.75, 3.05) is 5.32 Å². The van der Waals surface area contributed by atoms with E-state index >= 15 is 0 Å². The second-order valence-electron chi connectivity index (χ2n) is 7.98. The Morgan fingerprint density at radius 2 is 1.55 bits per heavy atom. The van der Waals surface area contributed by atoms with Crippen LogP contribution in [0.25, 0.3) is 27.9 Å². The highest BCUT2D eigenvalue weighted by molar-refractivity contribution is 5.94. The second kappa shape index (κ2) is 8.78. The molecule has 0 saturated carbocycles. The topological polar surface area (TPSA) is 73.3 Å². The van der Waals surface area contributed by atoms with Crippen LogP contribution in [0.1, 0.15) is 19.8 Å². The molecule has 3 aromatic heterocycles. The van der Waals surface area contributed by atoms with Crippen LogP contribution in [0.3, 0.4) is 0 Å². The number of rotatable bonds is 7. The number of aromatic nitrogens is 4. The molecule has 0 unspecified atom stereocenters. The normalized spacial score (nSPS) is 11.3. The van der Waals surface area contributed by atoms with Crippen molar-refractivity contribution in [1.29, 1.82) is 0 Å². The van der Waals surface area contributed by atoms with Crippen LogP contribution in [-0.2, 0) is 17.9 Å². The summed E-state index contributed by atoms with van der Waals surface area (Å²) < 4.78 is 5.35. The first kappa shape index (κ1) is 20.8. The van der Waals surface area contributed by atoms with Crippen LogP contribution in [0.2, 0.25) is 0 Å². The third kappa shape index (κ3) is 3.82. The molecule has 0 fully saturated rings. The molecular formula is C26H25N5O2. The molecule has 0 aliphatic heterocycles. The molecule has 166 valence electrons. The van der Waals surface area contributed by atoms with Gasteiger partial charge in [-0.2, -0.15) is 0 Å². The fourth-order valence-corrected chi connectivity index (χ4v) is 4.25. The molecule has 5 rings (SSSR count). The van der Waals surface area contributed by atoms with Crippen molar-refractivity contribution < 1.29 is 4.79 Å². The van der Waals surface area contributed by atoms with Crippen LogP contribution in [0, 0.1) is 0 Å². The molecule has 2 aromatic carbocycles. The molecule has 0 aliphatic rings. The van der Waals surface area contributed by atoms with Crippen molar-refractivity contribution in [1.82, 2.24) is 18.5 Å². The molecule has 1 amide bonds. The molecule has 0 saturated heterocycles. The van der Waals surface area contributed by atoms with Gasteiger partial charge < -0.3 is 5.32 Å². The zero-order chi connectivity index (χ0) is 22.8. The average molecular weight is 440 g/mol. The molecule has 33 heavy (non-hydrogen) atoms. The minimum Gasteiger partial charge on any atom is -0.310 e. The quantitative estimate of drug-likeness (QED) is 0.404. The molecular weight excluding hydrogens is 414 g/mol. The highest BCUT2D eigenvalue weighted by Gasteiger charge is 2.17. The molecule has 1 N–H and O–H groups in total. The van der Waals surface area contributed by atoms with E-state index in [9.17, 15) is 9.59 Å². The van der Waals surface area contributed by atoms with Gasteiger partial charge in [0.2, 0.25) is 5.91 Å². The van der Waals surface area contributed by atoms with Crippen LogP contribution < -0.4 is 11.0 Å². The van der Waals surface area contributed by atoms with E-state index < -0.39 is 0 Å². The lowest BCUT2D eigenvalue weighted by Gasteiger charge is -2.08. The second-order valence-corrected chi connectivity index (χ2v) is 7.98. The lowest BCUT2D eigenvalue weighted by molar-refractivity contribution is -0.116. The van der Waals surface area contributed by atoms with Crippen LogP contribution in [0.15, 0.2) is 83.8 Å². The minimum atomic E-state index is -0.169. The lowest BCUT2D eigenvalue weighted by Crippen LogP contribution is -2.26. The van der Waals surface area contributed by atoms with Crippen molar-refractivity contribution in [3.05, 3.63) is 89.5 Å². The summed E-state index contributed by atoms with van der Waals surface area (Å²) in [4.78, 5) is 30.7. The smallest absolute Gasteiger partial charge is 0.310 e. The van der Waals surface area contributed by atoms with Gasteiger partial charge in [-0.25, -0.2) is 9.78 Å². The maximum atomic E-state index is 13.0. The fourth-order valence-electron chi connectivity index (χ4n) is 4.25. The van der Waals surface area contributed by atoms with E-state index in [0.717, 1.165) is 28.7 Å². The van der Waals surface area contributed by atoms with E-state index in [4.69, 9.17) is 4.98 Å². The number of anilines is 1. The third-order valence-electron chi connectivity index (χ3n) is 5.77. The molecule has 7 nitrogen and oxygen atoms in total. The molecule has 0 spiro atoms. The maximum absolute atomic E-state index is 13.0. The number of carbonyl (C=O) groups is 1. The minimum absolute atomic E-state index is 0.0781. The summed E-state index contributed by atoms with van der Waals surface area (Å²) in [5.41, 5.74) is 4.07. The summed E-state index contributed by atoms with van der Waals surface area (Å²) >= 11 is 0. The highest BCUT2D eigenvalue weighted by Crippen LogP contribution is 2.28. The number of para-hydroxylation sites is 2. The van der Waals surface area contributed by atoms with Gasteiger partial charge in [0, 0.05) is 31.3 Å². The molecule has 0 radical (unpaired) electrons. The van der Waals surface area contributed by atoms with Crippen LogP contribution in [-0.4, -0.2) is 24.4 Å². The van der Waals surface area contributed by atoms with Crippen molar-refractivity contribution in [3.63, 3.8) is 0 Å². The van der Waals surface area contributed by atoms with Gasteiger partial charge in [-0.3, -0.25) is 18.3 Å². The Balaban J connectivity index is 1.43. The van der Waals surface area contributed by atoms with E-state index in [1.54, 1.807) is 9.13 Å². The van der Waals surface area contributed by atoms with Gasteiger partial charge in [-0.05, 0) is 30.7 Å². The van der Waals surface area contributed by atoms with Crippen LogP contribution >= 0.6 is 0 Å². The summed E-state index contributed by atoms with van der Waals surface area (Å²) in [7, 11) is 0. The largest absolute Gasteiger partial charge is 0.329 e. The van der Waals surface area contributed by atoms with Crippen molar-refractivity contribution >= 4 is 28.4 Å². The van der Waals surface area contributed by atoms with Crippen molar-refractivity contribution in [2.45, 2.75) is 32.9 Å². The number of hydrogen-bond acceptors (Lipinski definition) is 3. The van der Waals surface area contributed by atoms with Gasteiger partial charge >= 0.3 is 5.69 Å². The molecule has 3 heterocycles. The summed E-state index contributed by atoms with van der Waals surface area (Å²) in [5.74, 6) is 0.458. The molecule has 0 aliphatic carbocycles. The predicted octanol–water partition coefficient (Wildman–Crippen LogP) is 4.56. The average Bonchev–Trinajstić information content (AvgIpc) is 3.34. The van der Waals surface area contributed by atoms with Gasteiger partial charge in [-0.15, -0.1) is 0 Å². The Labute approximate surface area is 190 Å². The Morgan fingerprint density at radius 3 is 2.27 bits per heavy atom. The van der Waals surface area contributed by atoms with E-state index in [0.29, 0.717) is 24.6 Å². The first-order chi connectivity index (χ1) is 16.2. The maximum Gasteiger partial charge on any atom is 0.329 e. The van der Waals surface area contributed by atoms with E-state index in [1.165, 1.54) is 0 Å². The van der Waals surface area contributed by atoms with Gasteiger partial charge in [0.25, 0.3) is 0 Å². The van der Waals surface area contributed by atoms with Gasteiger partial charge in [0.1, 0.15) is 17.2 Å². The Bertz CT molecular complexity index is 1490. The first-order valence-electron chi connectivity index (χ1n) is 11.2. The van der Waals surface area contributed by atoms with Crippen molar-refractivity contribution in [3.8, 4) is 11.3 Å². The zero-order valence-corrected chi connectivity index (χ0v) is 18.4.